The molecule has 11 heavy (non-hydrogen) atoms. The average Bonchev–Trinajstić information content (AvgIpc) is 1.85. The van der Waals surface area contributed by atoms with Gasteiger partial charge in [-0.1, -0.05) is 19.6 Å². The molecule has 0 aromatic carbocycles. The van der Waals surface area contributed by atoms with Crippen LogP contribution in [-0.4, -0.2) is 28.1 Å². The van der Waals surface area contributed by atoms with Gasteiger partial charge in [0.15, 0.2) is 0 Å². The van der Waals surface area contributed by atoms with Crippen molar-refractivity contribution < 1.29 is 9.47 Å². The van der Waals surface area contributed by atoms with Gasteiger partial charge in [0.2, 0.25) is 0 Å². The summed E-state index contributed by atoms with van der Waals surface area (Å²) in [6.45, 7) is 11.1. The Kier molecular flexibility index (Phi) is 5.82. The molecular formula is C8H20O2Si. The van der Waals surface area contributed by atoms with Crippen LogP contribution in [0.2, 0.25) is 25.7 Å². The summed E-state index contributed by atoms with van der Waals surface area (Å²) in [4.78, 5) is 0. The van der Waals surface area contributed by atoms with Crippen LogP contribution in [0.25, 0.3) is 0 Å². The lowest BCUT2D eigenvalue weighted by Gasteiger charge is -2.14. The zero-order chi connectivity index (χ0) is 8.74. The molecule has 0 unspecified atom stereocenters. The molecule has 0 radical (unpaired) electrons. The van der Waals surface area contributed by atoms with E-state index in [0.29, 0.717) is 6.79 Å². The second-order valence-electron chi connectivity index (χ2n) is 3.83. The summed E-state index contributed by atoms with van der Waals surface area (Å²) < 4.78 is 10.3. The molecule has 0 rings (SSSR count). The molecule has 0 bridgehead atoms. The first-order valence-electron chi connectivity index (χ1n) is 4.22. The van der Waals surface area contributed by atoms with Gasteiger partial charge in [0, 0.05) is 21.3 Å². The van der Waals surface area contributed by atoms with Crippen molar-refractivity contribution in [3.63, 3.8) is 0 Å². The molecule has 68 valence electrons. The molecule has 0 aromatic rings. The second-order valence-corrected chi connectivity index (χ2v) is 9.45. The largest absolute Gasteiger partial charge is 0.356 e. The number of rotatable bonds is 6. The lowest BCUT2D eigenvalue weighted by Crippen LogP contribution is -2.21. The fourth-order valence-electron chi connectivity index (χ4n) is 0.580. The summed E-state index contributed by atoms with van der Waals surface area (Å²) in [6.07, 6.45) is 0. The van der Waals surface area contributed by atoms with Gasteiger partial charge in [-0.2, -0.15) is 0 Å². The van der Waals surface area contributed by atoms with Gasteiger partial charge in [0.05, 0.1) is 0 Å². The van der Waals surface area contributed by atoms with E-state index in [-0.39, 0.29) is 0 Å². The van der Waals surface area contributed by atoms with E-state index in [4.69, 9.17) is 9.47 Å². The van der Waals surface area contributed by atoms with Crippen LogP contribution < -0.4 is 0 Å². The topological polar surface area (TPSA) is 18.5 Å². The van der Waals surface area contributed by atoms with Crippen LogP contribution in [0, 0.1) is 0 Å². The lowest BCUT2D eigenvalue weighted by molar-refractivity contribution is -0.0447. The highest BCUT2D eigenvalue weighted by atomic mass is 28.3. The van der Waals surface area contributed by atoms with E-state index in [2.05, 4.69) is 19.6 Å². The fraction of sp³-hybridized carbons (Fsp3) is 1.00. The van der Waals surface area contributed by atoms with Gasteiger partial charge < -0.3 is 9.47 Å². The Morgan fingerprint density at radius 1 is 1.09 bits per heavy atom. The van der Waals surface area contributed by atoms with Crippen molar-refractivity contribution in [3.8, 4) is 0 Å². The molecular weight excluding hydrogens is 156 g/mol. The molecule has 3 heteroatoms. The third kappa shape index (κ3) is 10.1. The highest BCUT2D eigenvalue weighted by Crippen LogP contribution is 2.07. The Morgan fingerprint density at radius 3 is 2.18 bits per heavy atom. The van der Waals surface area contributed by atoms with Crippen LogP contribution in [0.1, 0.15) is 6.92 Å². The van der Waals surface area contributed by atoms with Gasteiger partial charge in [-0.15, -0.1) is 0 Å². The van der Waals surface area contributed by atoms with Crippen molar-refractivity contribution in [3.05, 3.63) is 0 Å². The SMILES string of the molecule is CCOCOCC[Si](C)(C)C. The third-order valence-corrected chi connectivity index (χ3v) is 3.07. The molecule has 0 heterocycles. The minimum Gasteiger partial charge on any atom is -0.356 e. The predicted octanol–water partition coefficient (Wildman–Crippen LogP) is 2.34. The van der Waals surface area contributed by atoms with E-state index in [1.807, 2.05) is 6.92 Å². The molecule has 0 atom stereocenters. The summed E-state index contributed by atoms with van der Waals surface area (Å²) in [7, 11) is -0.898. The maximum atomic E-state index is 5.26. The highest BCUT2D eigenvalue weighted by molar-refractivity contribution is 6.76. The van der Waals surface area contributed by atoms with E-state index >= 15 is 0 Å². The van der Waals surface area contributed by atoms with E-state index in [1.54, 1.807) is 0 Å². The van der Waals surface area contributed by atoms with Crippen LogP contribution in [0.15, 0.2) is 0 Å². The third-order valence-electron chi connectivity index (χ3n) is 1.37. The molecule has 0 aromatic heterocycles. The van der Waals surface area contributed by atoms with E-state index in [1.165, 1.54) is 6.04 Å². The highest BCUT2D eigenvalue weighted by Gasteiger charge is 2.11. The Hall–Kier alpha value is 0.137. The van der Waals surface area contributed by atoms with Crippen LogP contribution >= 0.6 is 0 Å². The predicted molar refractivity (Wildman–Crippen MR) is 50.6 cm³/mol. The zero-order valence-corrected chi connectivity index (χ0v) is 9.14. The lowest BCUT2D eigenvalue weighted by atomic mass is 10.8. The number of hydrogen-bond acceptors (Lipinski definition) is 2. The molecule has 0 fully saturated rings. The van der Waals surface area contributed by atoms with E-state index < -0.39 is 8.07 Å². The molecule has 0 N–H and O–H groups in total. The maximum absolute atomic E-state index is 5.26. The van der Waals surface area contributed by atoms with Crippen molar-refractivity contribution in [2.24, 2.45) is 0 Å². The summed E-state index contributed by atoms with van der Waals surface area (Å²) in [5.41, 5.74) is 0. The van der Waals surface area contributed by atoms with Crippen LogP contribution in [0.4, 0.5) is 0 Å². The van der Waals surface area contributed by atoms with Gasteiger partial charge in [-0.25, -0.2) is 0 Å². The van der Waals surface area contributed by atoms with Crippen LogP contribution in [0.3, 0.4) is 0 Å². The van der Waals surface area contributed by atoms with Crippen LogP contribution in [-0.2, 0) is 9.47 Å². The van der Waals surface area contributed by atoms with E-state index in [0.717, 1.165) is 13.2 Å². The van der Waals surface area contributed by atoms with E-state index in [9.17, 15) is 0 Å². The number of ether oxygens (including phenoxy) is 2. The molecule has 0 aliphatic heterocycles. The molecule has 0 aliphatic rings. The Balaban J connectivity index is 3.02. The fourth-order valence-corrected chi connectivity index (χ4v) is 1.34. The Morgan fingerprint density at radius 2 is 1.73 bits per heavy atom. The number of hydrogen-bond donors (Lipinski definition) is 0. The zero-order valence-electron chi connectivity index (χ0n) is 8.14. The quantitative estimate of drug-likeness (QED) is 0.351. The second kappa shape index (κ2) is 5.74. The first-order valence-corrected chi connectivity index (χ1v) is 7.92. The minimum atomic E-state index is -0.898. The average molecular weight is 176 g/mol. The molecule has 0 saturated carbocycles. The molecule has 0 aliphatic carbocycles. The van der Waals surface area contributed by atoms with Gasteiger partial charge in [-0.3, -0.25) is 0 Å². The van der Waals surface area contributed by atoms with Gasteiger partial charge in [0.25, 0.3) is 0 Å². The Labute approximate surface area is 70.9 Å². The first-order chi connectivity index (χ1) is 5.06. The van der Waals surface area contributed by atoms with Crippen molar-refractivity contribution in [1.82, 2.24) is 0 Å². The first kappa shape index (κ1) is 11.1. The normalized spacial score (nSPS) is 12.0. The van der Waals surface area contributed by atoms with Gasteiger partial charge in [-0.05, 0) is 13.0 Å². The summed E-state index contributed by atoms with van der Waals surface area (Å²) in [6, 6.07) is 1.22. The van der Waals surface area contributed by atoms with Crippen molar-refractivity contribution in [2.45, 2.75) is 32.6 Å². The van der Waals surface area contributed by atoms with Gasteiger partial charge in [0.1, 0.15) is 6.79 Å². The van der Waals surface area contributed by atoms with Crippen molar-refractivity contribution >= 4 is 8.07 Å². The molecule has 2 nitrogen and oxygen atoms in total. The summed E-state index contributed by atoms with van der Waals surface area (Å²) in [5, 5.41) is 0. The Bertz CT molecular complexity index is 88.6. The standard InChI is InChI=1S/C8H20O2Si/c1-5-9-8-10-6-7-11(2,3)4/h5-8H2,1-4H3. The maximum Gasteiger partial charge on any atom is 0.146 e. The monoisotopic (exact) mass is 176 g/mol. The van der Waals surface area contributed by atoms with Crippen molar-refractivity contribution in [1.29, 1.82) is 0 Å². The van der Waals surface area contributed by atoms with Crippen molar-refractivity contribution in [2.75, 3.05) is 20.0 Å². The summed E-state index contributed by atoms with van der Waals surface area (Å²) >= 11 is 0. The van der Waals surface area contributed by atoms with Gasteiger partial charge >= 0.3 is 0 Å². The molecule has 0 spiro atoms. The van der Waals surface area contributed by atoms with Crippen LogP contribution in [0.5, 0.6) is 0 Å². The molecule has 0 amide bonds. The molecule has 0 saturated heterocycles. The smallest absolute Gasteiger partial charge is 0.146 e. The summed E-state index contributed by atoms with van der Waals surface area (Å²) in [5.74, 6) is 0. The minimum absolute atomic E-state index is 0.459.